The van der Waals surface area contributed by atoms with Gasteiger partial charge in [0.05, 0.1) is 5.52 Å². The lowest BCUT2D eigenvalue weighted by Crippen LogP contribution is -2.03. The molecule has 3 aromatic rings. The normalized spacial score (nSPS) is 11.0. The van der Waals surface area contributed by atoms with Crippen molar-refractivity contribution >= 4 is 22.4 Å². The first-order valence-electron chi connectivity index (χ1n) is 7.24. The van der Waals surface area contributed by atoms with Crippen LogP contribution >= 0.6 is 0 Å². The summed E-state index contributed by atoms with van der Waals surface area (Å²) in [5, 5.41) is 4.46. The third kappa shape index (κ3) is 2.87. The van der Waals surface area contributed by atoms with E-state index in [-0.39, 0.29) is 0 Å². The molecule has 0 amide bonds. The topological polar surface area (TPSA) is 37.8 Å². The molecule has 0 radical (unpaired) electrons. The zero-order valence-electron chi connectivity index (χ0n) is 12.6. The van der Waals surface area contributed by atoms with Crippen LogP contribution in [0.25, 0.3) is 10.9 Å². The minimum absolute atomic E-state index is 0.299. The van der Waals surface area contributed by atoms with Crippen LogP contribution in [-0.2, 0) is 0 Å². The van der Waals surface area contributed by atoms with E-state index in [1.165, 1.54) is 5.56 Å². The van der Waals surface area contributed by atoms with Crippen LogP contribution in [0.2, 0.25) is 0 Å². The Balaban J connectivity index is 2.09. The van der Waals surface area contributed by atoms with Crippen LogP contribution in [0.1, 0.15) is 31.2 Å². The molecule has 0 aliphatic carbocycles. The highest BCUT2D eigenvalue weighted by Crippen LogP contribution is 2.25. The molecule has 106 valence electrons. The van der Waals surface area contributed by atoms with Crippen LogP contribution in [0.5, 0.6) is 0 Å². The van der Waals surface area contributed by atoms with Crippen molar-refractivity contribution in [3.8, 4) is 0 Å². The zero-order chi connectivity index (χ0) is 14.8. The molecule has 2 aromatic carbocycles. The second-order valence-electron chi connectivity index (χ2n) is 5.59. The van der Waals surface area contributed by atoms with Crippen LogP contribution in [0.15, 0.2) is 48.5 Å². The predicted molar refractivity (Wildman–Crippen MR) is 88.1 cm³/mol. The van der Waals surface area contributed by atoms with Crippen LogP contribution in [-0.4, -0.2) is 9.97 Å². The van der Waals surface area contributed by atoms with E-state index < -0.39 is 0 Å². The Labute approximate surface area is 125 Å². The molecule has 1 aromatic heterocycles. The van der Waals surface area contributed by atoms with Crippen LogP contribution in [0.4, 0.5) is 11.5 Å². The Kier molecular flexibility index (Phi) is 3.57. The smallest absolute Gasteiger partial charge is 0.142 e. The molecular formula is C18H19N3. The summed E-state index contributed by atoms with van der Waals surface area (Å²) in [5.74, 6) is 2.03. The van der Waals surface area contributed by atoms with Crippen molar-refractivity contribution in [1.29, 1.82) is 0 Å². The quantitative estimate of drug-likeness (QED) is 0.747. The van der Waals surface area contributed by atoms with Crippen molar-refractivity contribution in [3.05, 3.63) is 59.9 Å². The van der Waals surface area contributed by atoms with E-state index in [4.69, 9.17) is 4.98 Å². The number of hydrogen-bond donors (Lipinski definition) is 1. The molecule has 3 rings (SSSR count). The van der Waals surface area contributed by atoms with E-state index >= 15 is 0 Å². The van der Waals surface area contributed by atoms with E-state index in [2.05, 4.69) is 61.4 Å². The first kappa shape index (κ1) is 13.6. The first-order valence-corrected chi connectivity index (χ1v) is 7.24. The highest BCUT2D eigenvalue weighted by atomic mass is 15.0. The highest BCUT2D eigenvalue weighted by Gasteiger charge is 2.10. The summed E-state index contributed by atoms with van der Waals surface area (Å²) in [6.07, 6.45) is 0. The van der Waals surface area contributed by atoms with Gasteiger partial charge in [0, 0.05) is 17.0 Å². The maximum atomic E-state index is 4.70. The van der Waals surface area contributed by atoms with Gasteiger partial charge in [0.15, 0.2) is 0 Å². The second-order valence-corrected chi connectivity index (χ2v) is 5.59. The maximum absolute atomic E-state index is 4.70. The Morgan fingerprint density at radius 3 is 2.33 bits per heavy atom. The van der Waals surface area contributed by atoms with Gasteiger partial charge in [-0.25, -0.2) is 9.97 Å². The van der Waals surface area contributed by atoms with E-state index in [9.17, 15) is 0 Å². The standard InChI is InChI=1S/C18H19N3/c1-12(2)17-20-16-7-5-4-6-15(16)18(21-17)19-14-10-8-13(3)9-11-14/h4-12H,1-3H3,(H,19,20,21). The zero-order valence-corrected chi connectivity index (χ0v) is 12.6. The van der Waals surface area contributed by atoms with Gasteiger partial charge < -0.3 is 5.32 Å². The molecule has 0 saturated heterocycles. The van der Waals surface area contributed by atoms with Gasteiger partial charge in [-0.3, -0.25) is 0 Å². The molecule has 0 spiro atoms. The lowest BCUT2D eigenvalue weighted by atomic mass is 10.1. The van der Waals surface area contributed by atoms with E-state index in [0.29, 0.717) is 5.92 Å². The fourth-order valence-electron chi connectivity index (χ4n) is 2.22. The number of para-hydroxylation sites is 1. The van der Waals surface area contributed by atoms with Crippen molar-refractivity contribution in [2.45, 2.75) is 26.7 Å². The van der Waals surface area contributed by atoms with Crippen molar-refractivity contribution in [3.63, 3.8) is 0 Å². The van der Waals surface area contributed by atoms with Gasteiger partial charge in [-0.1, -0.05) is 43.7 Å². The Morgan fingerprint density at radius 2 is 1.62 bits per heavy atom. The fraction of sp³-hybridized carbons (Fsp3) is 0.222. The summed E-state index contributed by atoms with van der Waals surface area (Å²) in [6.45, 7) is 6.31. The van der Waals surface area contributed by atoms with Gasteiger partial charge in [0.25, 0.3) is 0 Å². The molecule has 0 bridgehead atoms. The minimum atomic E-state index is 0.299. The molecule has 3 nitrogen and oxygen atoms in total. The van der Waals surface area contributed by atoms with Gasteiger partial charge in [0.2, 0.25) is 0 Å². The van der Waals surface area contributed by atoms with E-state index in [0.717, 1.165) is 28.2 Å². The molecule has 3 heteroatoms. The average molecular weight is 277 g/mol. The summed E-state index contributed by atoms with van der Waals surface area (Å²) in [6, 6.07) is 16.4. The van der Waals surface area contributed by atoms with Crippen LogP contribution in [0, 0.1) is 6.92 Å². The second kappa shape index (κ2) is 5.52. The number of aromatic nitrogens is 2. The highest BCUT2D eigenvalue weighted by molar-refractivity contribution is 5.90. The summed E-state index contributed by atoms with van der Waals surface area (Å²) >= 11 is 0. The molecule has 0 saturated carbocycles. The van der Waals surface area contributed by atoms with Gasteiger partial charge in [-0.15, -0.1) is 0 Å². The number of hydrogen-bond acceptors (Lipinski definition) is 3. The lowest BCUT2D eigenvalue weighted by Gasteiger charge is -2.12. The Morgan fingerprint density at radius 1 is 0.905 bits per heavy atom. The Bertz CT molecular complexity index is 761. The van der Waals surface area contributed by atoms with Crippen molar-refractivity contribution < 1.29 is 0 Å². The van der Waals surface area contributed by atoms with Gasteiger partial charge >= 0.3 is 0 Å². The molecule has 0 fully saturated rings. The van der Waals surface area contributed by atoms with Gasteiger partial charge in [0.1, 0.15) is 11.6 Å². The Hall–Kier alpha value is -2.42. The number of aryl methyl sites for hydroxylation is 1. The molecule has 0 atom stereocenters. The van der Waals surface area contributed by atoms with Gasteiger partial charge in [-0.05, 0) is 31.2 Å². The van der Waals surface area contributed by atoms with Crippen LogP contribution in [0.3, 0.4) is 0 Å². The molecule has 0 aliphatic heterocycles. The summed E-state index contributed by atoms with van der Waals surface area (Å²) in [4.78, 5) is 9.34. The number of nitrogens with one attached hydrogen (secondary N) is 1. The first-order chi connectivity index (χ1) is 10.1. The molecule has 0 unspecified atom stereocenters. The maximum Gasteiger partial charge on any atom is 0.142 e. The summed E-state index contributed by atoms with van der Waals surface area (Å²) in [5.41, 5.74) is 3.26. The summed E-state index contributed by atoms with van der Waals surface area (Å²) < 4.78 is 0. The number of anilines is 2. The average Bonchev–Trinajstić information content (AvgIpc) is 2.49. The monoisotopic (exact) mass is 277 g/mol. The molecular weight excluding hydrogens is 258 g/mol. The molecule has 0 aliphatic rings. The fourth-order valence-corrected chi connectivity index (χ4v) is 2.22. The third-order valence-corrected chi connectivity index (χ3v) is 3.45. The SMILES string of the molecule is Cc1ccc(Nc2nc(C(C)C)nc3ccccc23)cc1. The number of benzene rings is 2. The summed E-state index contributed by atoms with van der Waals surface area (Å²) in [7, 11) is 0. The molecule has 1 heterocycles. The number of rotatable bonds is 3. The van der Waals surface area contributed by atoms with Crippen LogP contribution < -0.4 is 5.32 Å². The van der Waals surface area contributed by atoms with Crippen molar-refractivity contribution in [1.82, 2.24) is 9.97 Å². The minimum Gasteiger partial charge on any atom is -0.340 e. The lowest BCUT2D eigenvalue weighted by molar-refractivity contribution is 0.785. The molecule has 21 heavy (non-hydrogen) atoms. The number of nitrogens with zero attached hydrogens (tertiary/aromatic N) is 2. The van der Waals surface area contributed by atoms with E-state index in [1.54, 1.807) is 0 Å². The van der Waals surface area contributed by atoms with Gasteiger partial charge in [-0.2, -0.15) is 0 Å². The third-order valence-electron chi connectivity index (χ3n) is 3.45. The van der Waals surface area contributed by atoms with Crippen molar-refractivity contribution in [2.24, 2.45) is 0 Å². The van der Waals surface area contributed by atoms with Crippen molar-refractivity contribution in [2.75, 3.05) is 5.32 Å². The number of fused-ring (bicyclic) bond motifs is 1. The largest absolute Gasteiger partial charge is 0.340 e. The molecule has 1 N–H and O–H groups in total. The predicted octanol–water partition coefficient (Wildman–Crippen LogP) is 4.81. The van der Waals surface area contributed by atoms with E-state index in [1.807, 2.05) is 18.2 Å².